The van der Waals surface area contributed by atoms with Gasteiger partial charge in [-0.15, -0.1) is 12.4 Å². The van der Waals surface area contributed by atoms with E-state index in [-0.39, 0.29) is 36.0 Å². The van der Waals surface area contributed by atoms with E-state index in [1.54, 1.807) is 12.1 Å². The Morgan fingerprint density at radius 1 is 0.875 bits per heavy atom. The lowest BCUT2D eigenvalue weighted by Gasteiger charge is -2.24. The Bertz CT molecular complexity index is 1370. The summed E-state index contributed by atoms with van der Waals surface area (Å²) in [5.74, 6) is 0.0989. The molecule has 6 heteroatoms. The van der Waals surface area contributed by atoms with Gasteiger partial charge in [0.25, 0.3) is 5.91 Å². The molecule has 1 amide bonds. The molecule has 0 spiro atoms. The minimum atomic E-state index is -0.157. The molecular weight excluding hydrogens is 518 g/mol. The van der Waals surface area contributed by atoms with Crippen molar-refractivity contribution in [2.45, 2.75) is 63.5 Å². The molecule has 1 aromatic heterocycles. The zero-order valence-electron chi connectivity index (χ0n) is 23.7. The summed E-state index contributed by atoms with van der Waals surface area (Å²) in [5, 5.41) is 14.7. The van der Waals surface area contributed by atoms with Gasteiger partial charge in [0.2, 0.25) is 0 Å². The van der Waals surface area contributed by atoms with Crippen molar-refractivity contribution in [2.75, 3.05) is 20.6 Å². The number of nitrogens with zero attached hydrogens (tertiary/aromatic N) is 2. The van der Waals surface area contributed by atoms with Crippen molar-refractivity contribution < 1.29 is 9.90 Å². The molecule has 3 aromatic carbocycles. The number of benzene rings is 3. The number of hydrogen-bond donors (Lipinski definition) is 2. The number of carbonyl (C=O) groups excluding carboxylic acids is 1. The van der Waals surface area contributed by atoms with Crippen LogP contribution in [0.1, 0.15) is 78.0 Å². The van der Waals surface area contributed by atoms with E-state index in [0.717, 1.165) is 59.2 Å². The van der Waals surface area contributed by atoms with E-state index in [4.69, 9.17) is 0 Å². The van der Waals surface area contributed by atoms with Crippen LogP contribution in [-0.4, -0.2) is 47.2 Å². The second-order valence-corrected chi connectivity index (χ2v) is 11.2. The Hall–Kier alpha value is -3.28. The number of phenols is 1. The van der Waals surface area contributed by atoms with E-state index in [1.165, 1.54) is 32.1 Å². The van der Waals surface area contributed by atoms with Crippen molar-refractivity contribution >= 4 is 29.2 Å². The lowest BCUT2D eigenvalue weighted by molar-refractivity contribution is 0.0919. The third-order valence-corrected chi connectivity index (χ3v) is 8.08. The summed E-state index contributed by atoms with van der Waals surface area (Å²) < 4.78 is 2.24. The predicted octanol–water partition coefficient (Wildman–Crippen LogP) is 7.35. The maximum absolute atomic E-state index is 14.4. The Morgan fingerprint density at radius 3 is 2.15 bits per heavy atom. The molecule has 4 aromatic rings. The summed E-state index contributed by atoms with van der Waals surface area (Å²) in [4.78, 5) is 16.6. The summed E-state index contributed by atoms with van der Waals surface area (Å²) in [7, 11) is 4.15. The molecule has 1 fully saturated rings. The summed E-state index contributed by atoms with van der Waals surface area (Å²) in [5.41, 5.74) is 5.04. The molecule has 212 valence electrons. The molecule has 40 heavy (non-hydrogen) atoms. The number of para-hydroxylation sites is 1. The van der Waals surface area contributed by atoms with Crippen molar-refractivity contribution in [1.29, 1.82) is 0 Å². The van der Waals surface area contributed by atoms with Gasteiger partial charge in [-0.2, -0.15) is 0 Å². The predicted molar refractivity (Wildman–Crippen MR) is 167 cm³/mol. The second kappa shape index (κ2) is 13.9. The number of hydrogen-bond acceptors (Lipinski definition) is 3. The van der Waals surface area contributed by atoms with Gasteiger partial charge < -0.3 is 19.9 Å². The SMILES string of the molecule is CN(C)CCn1c(C(=O)NC2CCCCCCC2)c(C(c2ccccc2)c2ccc(O)cc2)c2ccccc21.Cl. The fourth-order valence-corrected chi connectivity index (χ4v) is 6.09. The maximum Gasteiger partial charge on any atom is 0.268 e. The highest BCUT2D eigenvalue weighted by Crippen LogP contribution is 2.40. The van der Waals surface area contributed by atoms with Crippen LogP contribution >= 0.6 is 12.4 Å². The molecule has 1 unspecified atom stereocenters. The second-order valence-electron chi connectivity index (χ2n) is 11.2. The molecule has 0 bridgehead atoms. The van der Waals surface area contributed by atoms with Crippen molar-refractivity contribution in [2.24, 2.45) is 0 Å². The maximum atomic E-state index is 14.4. The summed E-state index contributed by atoms with van der Waals surface area (Å²) in [6.45, 7) is 1.55. The van der Waals surface area contributed by atoms with E-state index < -0.39 is 0 Å². The normalized spacial score (nSPS) is 15.3. The number of aromatic nitrogens is 1. The number of fused-ring (bicyclic) bond motifs is 1. The molecule has 0 saturated heterocycles. The Labute approximate surface area is 244 Å². The largest absolute Gasteiger partial charge is 0.508 e. The van der Waals surface area contributed by atoms with Gasteiger partial charge in [0, 0.05) is 41.5 Å². The Morgan fingerprint density at radius 2 is 1.48 bits per heavy atom. The van der Waals surface area contributed by atoms with Crippen molar-refractivity contribution in [3.05, 3.63) is 101 Å². The van der Waals surface area contributed by atoms with Gasteiger partial charge in [0.1, 0.15) is 11.4 Å². The van der Waals surface area contributed by atoms with Crippen molar-refractivity contribution in [3.63, 3.8) is 0 Å². The van der Waals surface area contributed by atoms with Gasteiger partial charge in [-0.25, -0.2) is 0 Å². The Kier molecular flexibility index (Phi) is 10.3. The Balaban J connectivity index is 0.00000370. The lowest BCUT2D eigenvalue weighted by Crippen LogP contribution is -2.37. The molecule has 1 heterocycles. The van der Waals surface area contributed by atoms with Crippen LogP contribution in [0.2, 0.25) is 0 Å². The van der Waals surface area contributed by atoms with E-state index >= 15 is 0 Å². The van der Waals surface area contributed by atoms with Gasteiger partial charge in [-0.05, 0) is 56.3 Å². The van der Waals surface area contributed by atoms with Crippen LogP contribution < -0.4 is 5.32 Å². The molecule has 1 saturated carbocycles. The van der Waals surface area contributed by atoms with E-state index in [9.17, 15) is 9.90 Å². The minimum Gasteiger partial charge on any atom is -0.508 e. The molecule has 5 rings (SSSR count). The van der Waals surface area contributed by atoms with Crippen LogP contribution in [0.25, 0.3) is 10.9 Å². The highest BCUT2D eigenvalue weighted by molar-refractivity contribution is 6.03. The van der Waals surface area contributed by atoms with Crippen LogP contribution in [0.4, 0.5) is 0 Å². The first-order chi connectivity index (χ1) is 19.0. The van der Waals surface area contributed by atoms with Gasteiger partial charge in [-0.1, -0.05) is 92.8 Å². The van der Waals surface area contributed by atoms with Gasteiger partial charge in [0.15, 0.2) is 0 Å². The van der Waals surface area contributed by atoms with E-state index in [0.29, 0.717) is 0 Å². The standard InChI is InChI=1S/C34H41N3O2.ClH/c1-36(2)23-24-37-30-18-12-11-17-29(30)32(33(37)34(39)35-27-15-9-4-3-5-10-16-27)31(25-13-7-6-8-14-25)26-19-21-28(38)22-20-26;/h6-8,11-14,17-22,27,31,38H,3-5,9-10,15-16,23-24H2,1-2H3,(H,35,39);1H. The van der Waals surface area contributed by atoms with Crippen molar-refractivity contribution in [3.8, 4) is 5.75 Å². The third kappa shape index (κ3) is 6.71. The first-order valence-corrected chi connectivity index (χ1v) is 14.4. The summed E-state index contributed by atoms with van der Waals surface area (Å²) in [6.07, 6.45) is 8.21. The highest BCUT2D eigenvalue weighted by Gasteiger charge is 2.31. The number of rotatable bonds is 8. The smallest absolute Gasteiger partial charge is 0.268 e. The first-order valence-electron chi connectivity index (χ1n) is 14.4. The monoisotopic (exact) mass is 559 g/mol. The average molecular weight is 560 g/mol. The number of carbonyl (C=O) groups is 1. The number of phenolic OH excluding ortho intramolecular Hbond substituents is 1. The van der Waals surface area contributed by atoms with Crippen LogP contribution in [-0.2, 0) is 6.54 Å². The zero-order chi connectivity index (χ0) is 27.2. The van der Waals surface area contributed by atoms with Crippen molar-refractivity contribution in [1.82, 2.24) is 14.8 Å². The number of nitrogens with one attached hydrogen (secondary N) is 1. The summed E-state index contributed by atoms with van der Waals surface area (Å²) in [6, 6.07) is 26.5. The van der Waals surface area contributed by atoms with E-state index in [2.05, 4.69) is 77.4 Å². The molecule has 1 aliphatic rings. The lowest BCUT2D eigenvalue weighted by atomic mass is 9.83. The molecule has 0 radical (unpaired) electrons. The van der Waals surface area contributed by atoms with Gasteiger partial charge in [0.05, 0.1) is 0 Å². The average Bonchev–Trinajstić information content (AvgIpc) is 3.25. The molecular formula is C34H42ClN3O2. The van der Waals surface area contributed by atoms with Gasteiger partial charge >= 0.3 is 0 Å². The van der Waals surface area contributed by atoms with Crippen LogP contribution in [0.3, 0.4) is 0 Å². The van der Waals surface area contributed by atoms with Crippen LogP contribution in [0.15, 0.2) is 78.9 Å². The van der Waals surface area contributed by atoms with Crippen LogP contribution in [0, 0.1) is 0 Å². The fourth-order valence-electron chi connectivity index (χ4n) is 6.09. The molecule has 2 N–H and O–H groups in total. The fraction of sp³-hybridized carbons (Fsp3) is 0.382. The number of likely N-dealkylation sites (N-methyl/N-ethyl adjacent to an activating group) is 1. The molecule has 1 atom stereocenters. The topological polar surface area (TPSA) is 57.5 Å². The molecule has 0 aliphatic heterocycles. The number of amides is 1. The highest BCUT2D eigenvalue weighted by atomic mass is 35.5. The minimum absolute atomic E-state index is 0. The zero-order valence-corrected chi connectivity index (χ0v) is 24.5. The molecule has 1 aliphatic carbocycles. The first kappa shape index (κ1) is 29.7. The number of aromatic hydroxyl groups is 1. The molecule has 5 nitrogen and oxygen atoms in total. The number of halogens is 1. The van der Waals surface area contributed by atoms with Crippen LogP contribution in [0.5, 0.6) is 5.75 Å². The summed E-state index contributed by atoms with van der Waals surface area (Å²) >= 11 is 0. The van der Waals surface area contributed by atoms with E-state index in [1.807, 2.05) is 18.2 Å². The third-order valence-electron chi connectivity index (χ3n) is 8.08. The van der Waals surface area contributed by atoms with Gasteiger partial charge in [-0.3, -0.25) is 4.79 Å². The quantitative estimate of drug-likeness (QED) is 0.237.